The van der Waals surface area contributed by atoms with E-state index in [4.69, 9.17) is 0 Å². The highest BCUT2D eigenvalue weighted by atomic mass is 15.2. The summed E-state index contributed by atoms with van der Waals surface area (Å²) >= 11 is 0. The fraction of sp³-hybridized carbons (Fsp3) is 0.0698. The molecular weight excluding hydrogens is 544 g/mol. The van der Waals surface area contributed by atoms with Crippen LogP contribution in [-0.2, 0) is 0 Å². The Balaban J connectivity index is 1.38. The van der Waals surface area contributed by atoms with Crippen LogP contribution in [0.25, 0.3) is 65.3 Å². The Morgan fingerprint density at radius 2 is 0.933 bits per heavy atom. The van der Waals surface area contributed by atoms with Crippen LogP contribution >= 0.6 is 0 Å². The van der Waals surface area contributed by atoms with E-state index in [0.717, 1.165) is 0 Å². The highest BCUT2D eigenvalue weighted by Crippen LogP contribution is 2.50. The Bertz CT molecular complexity index is 2490. The van der Waals surface area contributed by atoms with Crippen molar-refractivity contribution >= 4 is 65.8 Å². The quantitative estimate of drug-likeness (QED) is 0.149. The van der Waals surface area contributed by atoms with Crippen molar-refractivity contribution in [2.24, 2.45) is 0 Å². The van der Waals surface area contributed by atoms with Crippen LogP contribution < -0.4 is 9.80 Å². The highest BCUT2D eigenvalue weighted by molar-refractivity contribution is 6.26. The van der Waals surface area contributed by atoms with Gasteiger partial charge < -0.3 is 9.80 Å². The van der Waals surface area contributed by atoms with Gasteiger partial charge in [-0.15, -0.1) is 0 Å². The Labute approximate surface area is 263 Å². The van der Waals surface area contributed by atoms with Crippen LogP contribution in [0.3, 0.4) is 0 Å². The van der Waals surface area contributed by atoms with Crippen LogP contribution in [-0.4, -0.2) is 14.1 Å². The Morgan fingerprint density at radius 1 is 0.378 bits per heavy atom. The second-order valence-corrected chi connectivity index (χ2v) is 12.3. The molecule has 0 unspecified atom stereocenters. The van der Waals surface area contributed by atoms with Crippen LogP contribution in [0.1, 0.15) is 5.56 Å². The van der Waals surface area contributed by atoms with Crippen LogP contribution in [0.5, 0.6) is 0 Å². The molecular formula is C43H32N2. The largest absolute Gasteiger partial charge is 0.341 e. The van der Waals surface area contributed by atoms with Crippen LogP contribution in [0, 0.1) is 6.92 Å². The van der Waals surface area contributed by atoms with Crippen molar-refractivity contribution in [3.8, 4) is 22.3 Å². The minimum Gasteiger partial charge on any atom is -0.341 e. The van der Waals surface area contributed by atoms with E-state index in [1.807, 2.05) is 0 Å². The molecule has 1 aliphatic rings. The van der Waals surface area contributed by atoms with E-state index in [2.05, 4.69) is 170 Å². The molecule has 0 spiro atoms. The molecule has 9 rings (SSSR count). The number of hydrogen-bond donors (Lipinski definition) is 0. The zero-order valence-corrected chi connectivity index (χ0v) is 25.7. The van der Waals surface area contributed by atoms with E-state index < -0.39 is 0 Å². The van der Waals surface area contributed by atoms with Crippen LogP contribution in [0.4, 0.5) is 22.7 Å². The van der Waals surface area contributed by atoms with Gasteiger partial charge in [0.2, 0.25) is 0 Å². The minimum absolute atomic E-state index is 1.21. The summed E-state index contributed by atoms with van der Waals surface area (Å²) in [6.07, 6.45) is 0. The smallest absolute Gasteiger partial charge is 0.0656 e. The molecule has 0 radical (unpaired) electrons. The normalized spacial score (nSPS) is 12.7. The molecule has 0 aliphatic carbocycles. The third-order valence-corrected chi connectivity index (χ3v) is 9.81. The summed E-state index contributed by atoms with van der Waals surface area (Å²) in [7, 11) is 4.35. The molecule has 8 aromatic carbocycles. The van der Waals surface area contributed by atoms with E-state index >= 15 is 0 Å². The zero-order chi connectivity index (χ0) is 30.2. The first-order valence-electron chi connectivity index (χ1n) is 15.7. The first-order chi connectivity index (χ1) is 22.1. The number of rotatable bonds is 2. The van der Waals surface area contributed by atoms with Crippen LogP contribution in [0.2, 0.25) is 0 Å². The van der Waals surface area contributed by atoms with Crippen molar-refractivity contribution in [1.82, 2.24) is 0 Å². The van der Waals surface area contributed by atoms with Crippen molar-refractivity contribution in [3.63, 3.8) is 0 Å². The number of nitrogens with zero attached hydrogens (tertiary/aromatic N) is 2. The Hall–Kier alpha value is -5.60. The third kappa shape index (κ3) is 3.76. The van der Waals surface area contributed by atoms with Crippen molar-refractivity contribution in [2.45, 2.75) is 6.92 Å². The van der Waals surface area contributed by atoms with E-state index in [1.54, 1.807) is 0 Å². The van der Waals surface area contributed by atoms with Crippen LogP contribution in [0.15, 0.2) is 140 Å². The summed E-state index contributed by atoms with van der Waals surface area (Å²) in [6, 6.07) is 51.7. The molecule has 0 saturated carbocycles. The molecule has 0 aromatic heterocycles. The van der Waals surface area contributed by atoms with Gasteiger partial charge in [-0.05, 0) is 103 Å². The summed E-state index contributed by atoms with van der Waals surface area (Å²) in [5.41, 5.74) is 11.2. The summed E-state index contributed by atoms with van der Waals surface area (Å²) < 4.78 is 0. The predicted molar refractivity (Wildman–Crippen MR) is 195 cm³/mol. The van der Waals surface area contributed by atoms with Gasteiger partial charge in [0.15, 0.2) is 0 Å². The summed E-state index contributed by atoms with van der Waals surface area (Å²) in [5.74, 6) is 0. The highest BCUT2D eigenvalue weighted by Gasteiger charge is 2.25. The van der Waals surface area contributed by atoms with Gasteiger partial charge in [-0.25, -0.2) is 0 Å². The number of para-hydroxylation sites is 2. The molecule has 0 amide bonds. The molecule has 1 aliphatic heterocycles. The average Bonchev–Trinajstić information content (AvgIpc) is 3.09. The molecule has 45 heavy (non-hydrogen) atoms. The van der Waals surface area contributed by atoms with E-state index in [-0.39, 0.29) is 0 Å². The van der Waals surface area contributed by atoms with E-state index in [1.165, 1.54) is 93.7 Å². The third-order valence-electron chi connectivity index (χ3n) is 9.81. The molecule has 0 N–H and O–H groups in total. The first-order valence-corrected chi connectivity index (χ1v) is 15.7. The predicted octanol–water partition coefficient (Wildman–Crippen LogP) is 11.8. The van der Waals surface area contributed by atoms with E-state index in [9.17, 15) is 0 Å². The summed E-state index contributed by atoms with van der Waals surface area (Å²) in [6.45, 7) is 2.20. The van der Waals surface area contributed by atoms with Gasteiger partial charge >= 0.3 is 0 Å². The van der Waals surface area contributed by atoms with E-state index in [0.29, 0.717) is 0 Å². The lowest BCUT2D eigenvalue weighted by Gasteiger charge is -2.36. The monoisotopic (exact) mass is 576 g/mol. The van der Waals surface area contributed by atoms with Crippen molar-refractivity contribution in [1.29, 1.82) is 0 Å². The van der Waals surface area contributed by atoms with Gasteiger partial charge in [-0.2, -0.15) is 0 Å². The van der Waals surface area contributed by atoms with Gasteiger partial charge in [0, 0.05) is 14.1 Å². The fourth-order valence-corrected chi connectivity index (χ4v) is 7.68. The second-order valence-electron chi connectivity index (χ2n) is 12.3. The SMILES string of the molecule is Cc1ccc2c(-c3cc4ccccc4c4ccccc34)c3ccccc3c(-c3ccc4c(c3)N(C)c3ccccc3N4C)c2c1. The lowest BCUT2D eigenvalue weighted by molar-refractivity contribution is 1.10. The number of benzene rings is 8. The summed E-state index contributed by atoms with van der Waals surface area (Å²) in [5, 5.41) is 10.3. The lowest BCUT2D eigenvalue weighted by atomic mass is 9.83. The van der Waals surface area contributed by atoms with Gasteiger partial charge in [-0.3, -0.25) is 0 Å². The molecule has 214 valence electrons. The molecule has 0 fully saturated rings. The van der Waals surface area contributed by atoms with Gasteiger partial charge in [0.25, 0.3) is 0 Å². The second kappa shape index (κ2) is 9.70. The topological polar surface area (TPSA) is 6.48 Å². The number of hydrogen-bond acceptors (Lipinski definition) is 2. The Kier molecular flexibility index (Phi) is 5.58. The summed E-state index contributed by atoms with van der Waals surface area (Å²) in [4.78, 5) is 4.64. The maximum atomic E-state index is 2.40. The molecule has 2 heteroatoms. The standard InChI is InChI=1S/C43H32N2/c1-27-20-22-35-36(24-27)42(29-21-23-40-41(26-29)45(3)39-19-11-10-18-38(39)44(40)2)33-16-8-9-17-34(33)43(35)37-25-28-12-4-5-13-30(28)31-14-6-7-15-32(31)37/h4-26H,1-3H3. The maximum Gasteiger partial charge on any atom is 0.0656 e. The first kappa shape index (κ1) is 25.9. The number of anilines is 4. The van der Waals surface area contributed by atoms with Gasteiger partial charge in [0.1, 0.15) is 0 Å². The van der Waals surface area contributed by atoms with Gasteiger partial charge in [-0.1, -0.05) is 115 Å². The zero-order valence-electron chi connectivity index (χ0n) is 25.7. The van der Waals surface area contributed by atoms with Gasteiger partial charge in [0.05, 0.1) is 22.7 Å². The van der Waals surface area contributed by atoms with Crippen molar-refractivity contribution in [3.05, 3.63) is 145 Å². The molecule has 8 aromatic rings. The maximum absolute atomic E-state index is 2.40. The number of fused-ring (bicyclic) bond motifs is 7. The van der Waals surface area contributed by atoms with Crippen molar-refractivity contribution in [2.75, 3.05) is 23.9 Å². The molecule has 0 atom stereocenters. The van der Waals surface area contributed by atoms with Crippen molar-refractivity contribution < 1.29 is 0 Å². The average molecular weight is 577 g/mol. The molecule has 2 nitrogen and oxygen atoms in total. The molecule has 0 bridgehead atoms. The fourth-order valence-electron chi connectivity index (χ4n) is 7.68. The number of aryl methyl sites for hydroxylation is 1. The molecule has 1 heterocycles. The Morgan fingerprint density at radius 3 is 1.69 bits per heavy atom. The molecule has 0 saturated heterocycles. The lowest BCUT2D eigenvalue weighted by Crippen LogP contribution is -2.24. The minimum atomic E-state index is 1.21.